The van der Waals surface area contributed by atoms with Crippen LogP contribution in [0.25, 0.3) is 0 Å². The summed E-state index contributed by atoms with van der Waals surface area (Å²) in [6.07, 6.45) is 0.999. The Labute approximate surface area is 111 Å². The molecule has 1 aromatic carbocycles. The van der Waals surface area contributed by atoms with Gasteiger partial charge in [0, 0.05) is 12.8 Å². The van der Waals surface area contributed by atoms with Crippen LogP contribution >= 0.6 is 0 Å². The molecule has 104 valence electrons. The second-order valence-corrected chi connectivity index (χ2v) is 6.56. The highest BCUT2D eigenvalue weighted by atomic mass is 32.2. The van der Waals surface area contributed by atoms with Crippen LogP contribution in [0, 0.1) is 0 Å². The number of nitrogens with one attached hydrogen (secondary N) is 1. The molecule has 1 unspecified atom stereocenters. The Hall–Kier alpha value is -1.89. The van der Waals surface area contributed by atoms with Gasteiger partial charge in [-0.05, 0) is 24.6 Å². The van der Waals surface area contributed by atoms with Gasteiger partial charge in [-0.3, -0.25) is 4.79 Å². The van der Waals surface area contributed by atoms with Crippen LogP contribution in [0.5, 0.6) is 0 Å². The van der Waals surface area contributed by atoms with Crippen LogP contribution < -0.4 is 5.32 Å². The highest BCUT2D eigenvalue weighted by Gasteiger charge is 2.22. The topological polar surface area (TPSA) is 101 Å². The van der Waals surface area contributed by atoms with E-state index in [-0.39, 0.29) is 12.1 Å². The predicted octanol–water partition coefficient (Wildman–Crippen LogP) is 0.434. The Morgan fingerprint density at radius 2 is 1.79 bits per heavy atom. The number of carboxylic acid groups (broad SMARTS) is 1. The molecule has 1 aromatic rings. The summed E-state index contributed by atoms with van der Waals surface area (Å²) in [7, 11) is -3.41. The highest BCUT2D eigenvalue weighted by molar-refractivity contribution is 7.92. The molecule has 6 nitrogen and oxygen atoms in total. The van der Waals surface area contributed by atoms with Crippen LogP contribution in [0.1, 0.15) is 22.8 Å². The quantitative estimate of drug-likeness (QED) is 0.817. The Bertz CT molecular complexity index is 577. The normalized spacial score (nSPS) is 12.7. The van der Waals surface area contributed by atoms with Crippen molar-refractivity contribution in [2.45, 2.75) is 18.7 Å². The predicted molar refractivity (Wildman–Crippen MR) is 69.6 cm³/mol. The zero-order valence-electron chi connectivity index (χ0n) is 10.6. The Morgan fingerprint density at radius 3 is 2.21 bits per heavy atom. The third kappa shape index (κ3) is 4.36. The van der Waals surface area contributed by atoms with Crippen LogP contribution in [0.2, 0.25) is 0 Å². The summed E-state index contributed by atoms with van der Waals surface area (Å²) < 4.78 is 22.4. The molecule has 0 saturated heterocycles. The van der Waals surface area contributed by atoms with Gasteiger partial charge in [-0.2, -0.15) is 0 Å². The van der Waals surface area contributed by atoms with E-state index < -0.39 is 27.0 Å². The molecule has 0 fully saturated rings. The summed E-state index contributed by atoms with van der Waals surface area (Å²) in [6.45, 7) is 1.47. The molecule has 0 radical (unpaired) electrons. The Morgan fingerprint density at radius 1 is 1.26 bits per heavy atom. The molecule has 7 heteroatoms. The first-order chi connectivity index (χ1) is 8.71. The van der Waals surface area contributed by atoms with E-state index in [9.17, 15) is 18.0 Å². The van der Waals surface area contributed by atoms with Crippen LogP contribution in [0.3, 0.4) is 0 Å². The number of carboxylic acids is 1. The monoisotopic (exact) mass is 285 g/mol. The number of benzene rings is 1. The van der Waals surface area contributed by atoms with Gasteiger partial charge < -0.3 is 10.4 Å². The summed E-state index contributed by atoms with van der Waals surface area (Å²) in [5, 5.41) is 10.1. The molecule has 1 rings (SSSR count). The number of aromatic carboxylic acids is 1. The maximum absolute atomic E-state index is 11.6. The molecule has 0 bridgehead atoms. The molecule has 0 aliphatic carbocycles. The fourth-order valence-corrected chi connectivity index (χ4v) is 1.76. The van der Waals surface area contributed by atoms with E-state index in [1.165, 1.54) is 19.1 Å². The summed E-state index contributed by atoms with van der Waals surface area (Å²) in [5.41, 5.74) is 0.846. The van der Waals surface area contributed by atoms with Gasteiger partial charge in [0.1, 0.15) is 5.25 Å². The number of carbonyl (C=O) groups is 2. The van der Waals surface area contributed by atoms with Gasteiger partial charge in [-0.15, -0.1) is 0 Å². The molecule has 0 aliphatic heterocycles. The van der Waals surface area contributed by atoms with Gasteiger partial charge in [0.15, 0.2) is 9.84 Å². The van der Waals surface area contributed by atoms with Crippen LogP contribution in [0.15, 0.2) is 24.3 Å². The van der Waals surface area contributed by atoms with Crippen molar-refractivity contribution in [3.8, 4) is 0 Å². The molecule has 0 heterocycles. The molecule has 0 aliphatic rings. The highest BCUT2D eigenvalue weighted by Crippen LogP contribution is 2.05. The van der Waals surface area contributed by atoms with Gasteiger partial charge in [0.05, 0.1) is 5.56 Å². The molecule has 1 amide bonds. The van der Waals surface area contributed by atoms with Crippen molar-refractivity contribution in [2.75, 3.05) is 6.26 Å². The fraction of sp³-hybridized carbons (Fsp3) is 0.333. The molecular formula is C12H15NO5S. The third-order valence-electron chi connectivity index (χ3n) is 2.68. The molecule has 0 saturated carbocycles. The lowest BCUT2D eigenvalue weighted by Crippen LogP contribution is -2.36. The minimum absolute atomic E-state index is 0.151. The lowest BCUT2D eigenvalue weighted by Gasteiger charge is -2.10. The van der Waals surface area contributed by atoms with Crippen molar-refractivity contribution in [3.05, 3.63) is 35.4 Å². The number of carbonyl (C=O) groups excluding carboxylic acids is 1. The lowest BCUT2D eigenvalue weighted by atomic mass is 10.1. The first kappa shape index (κ1) is 15.2. The van der Waals surface area contributed by atoms with Crippen molar-refractivity contribution in [1.82, 2.24) is 5.32 Å². The van der Waals surface area contributed by atoms with Crippen molar-refractivity contribution in [2.24, 2.45) is 0 Å². The van der Waals surface area contributed by atoms with Gasteiger partial charge in [-0.1, -0.05) is 12.1 Å². The standard InChI is InChI=1S/C12H15NO5S/c1-8(19(2,17)18)11(14)13-7-9-3-5-10(6-4-9)12(15)16/h3-6,8H,7H2,1-2H3,(H,13,14)(H,15,16). The molecule has 0 aromatic heterocycles. The number of hydrogen-bond donors (Lipinski definition) is 2. The number of amides is 1. The maximum Gasteiger partial charge on any atom is 0.335 e. The van der Waals surface area contributed by atoms with Gasteiger partial charge in [-0.25, -0.2) is 13.2 Å². The molecule has 0 spiro atoms. The van der Waals surface area contributed by atoms with E-state index in [0.717, 1.165) is 6.26 Å². The van der Waals surface area contributed by atoms with E-state index in [2.05, 4.69) is 5.32 Å². The van der Waals surface area contributed by atoms with Crippen LogP contribution in [-0.2, 0) is 21.2 Å². The molecule has 1 atom stereocenters. The van der Waals surface area contributed by atoms with E-state index in [1.807, 2.05) is 0 Å². The summed E-state index contributed by atoms with van der Waals surface area (Å²) in [5.74, 6) is -1.61. The SMILES string of the molecule is CC(C(=O)NCc1ccc(C(=O)O)cc1)S(C)(=O)=O. The zero-order valence-corrected chi connectivity index (χ0v) is 11.4. The largest absolute Gasteiger partial charge is 0.478 e. The second kappa shape index (κ2) is 5.83. The molecular weight excluding hydrogens is 270 g/mol. The fourth-order valence-electron chi connectivity index (χ4n) is 1.29. The zero-order chi connectivity index (χ0) is 14.6. The van der Waals surface area contributed by atoms with E-state index in [4.69, 9.17) is 5.11 Å². The second-order valence-electron chi connectivity index (χ2n) is 4.19. The number of sulfone groups is 1. The van der Waals surface area contributed by atoms with E-state index in [0.29, 0.717) is 5.56 Å². The first-order valence-electron chi connectivity index (χ1n) is 5.50. The molecule has 19 heavy (non-hydrogen) atoms. The van der Waals surface area contributed by atoms with Crippen molar-refractivity contribution in [1.29, 1.82) is 0 Å². The van der Waals surface area contributed by atoms with Gasteiger partial charge >= 0.3 is 5.97 Å². The number of hydrogen-bond acceptors (Lipinski definition) is 4. The lowest BCUT2D eigenvalue weighted by molar-refractivity contribution is -0.120. The van der Waals surface area contributed by atoms with E-state index >= 15 is 0 Å². The van der Waals surface area contributed by atoms with E-state index in [1.54, 1.807) is 12.1 Å². The van der Waals surface area contributed by atoms with Gasteiger partial charge in [0.25, 0.3) is 0 Å². The minimum atomic E-state index is -3.41. The number of rotatable bonds is 5. The Balaban J connectivity index is 2.62. The average molecular weight is 285 g/mol. The Kier molecular flexibility index (Phi) is 4.66. The van der Waals surface area contributed by atoms with Crippen LogP contribution in [0.4, 0.5) is 0 Å². The minimum Gasteiger partial charge on any atom is -0.478 e. The average Bonchev–Trinajstić information content (AvgIpc) is 2.34. The van der Waals surface area contributed by atoms with Crippen molar-refractivity contribution < 1.29 is 23.1 Å². The summed E-state index contributed by atoms with van der Waals surface area (Å²) in [4.78, 5) is 22.2. The first-order valence-corrected chi connectivity index (χ1v) is 7.46. The summed E-state index contributed by atoms with van der Waals surface area (Å²) >= 11 is 0. The maximum atomic E-state index is 11.6. The van der Waals surface area contributed by atoms with Gasteiger partial charge in [0.2, 0.25) is 5.91 Å². The van der Waals surface area contributed by atoms with Crippen molar-refractivity contribution in [3.63, 3.8) is 0 Å². The van der Waals surface area contributed by atoms with Crippen molar-refractivity contribution >= 4 is 21.7 Å². The third-order valence-corrected chi connectivity index (χ3v) is 4.18. The summed E-state index contributed by atoms with van der Waals surface area (Å²) in [6, 6.07) is 5.97. The smallest absolute Gasteiger partial charge is 0.335 e. The van der Waals surface area contributed by atoms with Crippen LogP contribution in [-0.4, -0.2) is 36.9 Å². The molecule has 2 N–H and O–H groups in total.